The quantitative estimate of drug-likeness (QED) is 0.276. The molecule has 0 amide bonds. The van der Waals surface area contributed by atoms with Crippen molar-refractivity contribution in [3.05, 3.63) is 60.4 Å². The van der Waals surface area contributed by atoms with Gasteiger partial charge < -0.3 is 14.6 Å². The molecule has 0 saturated carbocycles. The van der Waals surface area contributed by atoms with E-state index >= 15 is 0 Å². The molecule has 5 rings (SSSR count). The fourth-order valence-corrected chi connectivity index (χ4v) is 4.60. The number of alkyl halides is 3. The third-order valence-corrected chi connectivity index (χ3v) is 6.30. The van der Waals surface area contributed by atoms with Crippen molar-refractivity contribution in [2.75, 3.05) is 5.32 Å². The number of carbonyl (C=O) groups excluding carboxylic acids is 1. The van der Waals surface area contributed by atoms with Crippen molar-refractivity contribution in [2.24, 2.45) is 7.05 Å². The normalized spacial score (nSPS) is 11.9. The molecule has 12 heteroatoms. The summed E-state index contributed by atoms with van der Waals surface area (Å²) in [6, 6.07) is 11.2. The number of hydrogen-bond donors (Lipinski definition) is 1. The molecule has 0 aliphatic heterocycles. The molecule has 0 aliphatic carbocycles. The molecule has 3 aromatic heterocycles. The Morgan fingerprint density at radius 3 is 2.77 bits per heavy atom. The number of aryl methyl sites for hydroxylation is 2. The summed E-state index contributed by atoms with van der Waals surface area (Å²) in [4.78, 5) is 21.6. The Kier molecular flexibility index (Phi) is 5.89. The molecule has 180 valence electrons. The summed E-state index contributed by atoms with van der Waals surface area (Å²) in [5, 5.41) is 7.72. The zero-order chi connectivity index (χ0) is 24.6. The van der Waals surface area contributed by atoms with Crippen molar-refractivity contribution in [3.63, 3.8) is 0 Å². The van der Waals surface area contributed by atoms with Crippen LogP contribution in [0.5, 0.6) is 5.75 Å². The molecule has 8 nitrogen and oxygen atoms in total. The SMILES string of the molecule is Cn1c(Nc2nc3ccc(OC(F)(F)F)cc3s2)nc2cc(C(=O)CCCn3cccn3)ccc21. The predicted octanol–water partition coefficient (Wildman–Crippen LogP) is 5.68. The number of benzene rings is 2. The standard InChI is InChI=1S/C23H19F3N6O2S/c1-31-18-8-5-14(19(33)4-2-10-32-11-3-9-27-32)12-17(18)28-21(31)30-22-29-16-7-6-15(13-20(16)35-22)34-23(24,25)26/h3,5-9,11-13H,2,4,10H2,1H3,(H,28,29,30). The highest BCUT2D eigenvalue weighted by Crippen LogP contribution is 2.33. The van der Waals surface area contributed by atoms with E-state index in [1.807, 2.05) is 29.9 Å². The first-order chi connectivity index (χ1) is 16.7. The lowest BCUT2D eigenvalue weighted by Crippen LogP contribution is -2.16. The van der Waals surface area contributed by atoms with E-state index in [9.17, 15) is 18.0 Å². The predicted molar refractivity (Wildman–Crippen MR) is 126 cm³/mol. The van der Waals surface area contributed by atoms with Gasteiger partial charge in [0.1, 0.15) is 5.75 Å². The van der Waals surface area contributed by atoms with Gasteiger partial charge in [0.15, 0.2) is 10.9 Å². The van der Waals surface area contributed by atoms with Gasteiger partial charge >= 0.3 is 6.36 Å². The number of Topliss-reactive ketones (excluding diaryl/α,β-unsaturated/α-hetero) is 1. The number of nitrogens with one attached hydrogen (secondary N) is 1. The summed E-state index contributed by atoms with van der Waals surface area (Å²) in [5.74, 6) is 0.223. The monoisotopic (exact) mass is 500 g/mol. The Hall–Kier alpha value is -3.93. The Morgan fingerprint density at radius 1 is 1.14 bits per heavy atom. The molecular weight excluding hydrogens is 481 g/mol. The number of ketones is 1. The lowest BCUT2D eigenvalue weighted by Gasteiger charge is -2.07. The number of rotatable bonds is 8. The fourth-order valence-electron chi connectivity index (χ4n) is 3.71. The number of anilines is 2. The van der Waals surface area contributed by atoms with Gasteiger partial charge in [0.2, 0.25) is 5.95 Å². The smallest absolute Gasteiger partial charge is 0.406 e. The van der Waals surface area contributed by atoms with Crippen molar-refractivity contribution in [1.29, 1.82) is 0 Å². The Morgan fingerprint density at radius 2 is 2.00 bits per heavy atom. The second-order valence-electron chi connectivity index (χ2n) is 7.82. The van der Waals surface area contributed by atoms with Gasteiger partial charge in [0.05, 0.1) is 21.3 Å². The van der Waals surface area contributed by atoms with Crippen LogP contribution in [0.1, 0.15) is 23.2 Å². The van der Waals surface area contributed by atoms with Crippen molar-refractivity contribution in [1.82, 2.24) is 24.3 Å². The maximum absolute atomic E-state index is 12.6. The summed E-state index contributed by atoms with van der Waals surface area (Å²) in [5.41, 5.74) is 2.59. The van der Waals surface area contributed by atoms with Crippen LogP contribution >= 0.6 is 11.3 Å². The molecule has 0 fully saturated rings. The molecule has 3 heterocycles. The molecule has 0 bridgehead atoms. The van der Waals surface area contributed by atoms with Gasteiger partial charge in [-0.1, -0.05) is 11.3 Å². The minimum atomic E-state index is -4.76. The molecule has 0 radical (unpaired) electrons. The molecule has 5 aromatic rings. The summed E-state index contributed by atoms with van der Waals surface area (Å²) >= 11 is 1.18. The Bertz CT molecular complexity index is 1510. The number of carbonyl (C=O) groups is 1. The summed E-state index contributed by atoms with van der Waals surface area (Å²) < 4.78 is 45.6. The fraction of sp³-hybridized carbons (Fsp3) is 0.217. The number of thiazole rings is 1. The van der Waals surface area contributed by atoms with Crippen molar-refractivity contribution < 1.29 is 22.7 Å². The molecule has 0 spiro atoms. The van der Waals surface area contributed by atoms with Crippen LogP contribution in [0.25, 0.3) is 21.3 Å². The van der Waals surface area contributed by atoms with E-state index in [1.165, 1.54) is 29.5 Å². The van der Waals surface area contributed by atoms with E-state index in [-0.39, 0.29) is 11.5 Å². The zero-order valence-electron chi connectivity index (χ0n) is 18.4. The molecular formula is C23H19F3N6O2S. The number of fused-ring (bicyclic) bond motifs is 2. The maximum atomic E-state index is 12.6. The first kappa shape index (κ1) is 22.8. The third-order valence-electron chi connectivity index (χ3n) is 5.37. The molecule has 0 aliphatic rings. The largest absolute Gasteiger partial charge is 0.573 e. The molecule has 1 N–H and O–H groups in total. The van der Waals surface area contributed by atoms with Crippen LogP contribution in [0.4, 0.5) is 24.3 Å². The van der Waals surface area contributed by atoms with E-state index in [4.69, 9.17) is 0 Å². The zero-order valence-corrected chi connectivity index (χ0v) is 19.2. The van der Waals surface area contributed by atoms with Crippen LogP contribution < -0.4 is 10.1 Å². The number of imidazole rings is 1. The van der Waals surface area contributed by atoms with Gasteiger partial charge in [-0.2, -0.15) is 5.10 Å². The summed E-state index contributed by atoms with van der Waals surface area (Å²) in [7, 11) is 1.83. The molecule has 35 heavy (non-hydrogen) atoms. The van der Waals surface area contributed by atoms with Gasteiger partial charge in [0, 0.05) is 44.0 Å². The van der Waals surface area contributed by atoms with Crippen LogP contribution in [-0.2, 0) is 13.6 Å². The van der Waals surface area contributed by atoms with Crippen molar-refractivity contribution in [3.8, 4) is 5.75 Å². The van der Waals surface area contributed by atoms with Gasteiger partial charge in [-0.25, -0.2) is 9.97 Å². The van der Waals surface area contributed by atoms with Crippen LogP contribution in [0.15, 0.2) is 54.9 Å². The number of hydrogen-bond acceptors (Lipinski definition) is 7. The average molecular weight is 501 g/mol. The highest BCUT2D eigenvalue weighted by molar-refractivity contribution is 7.22. The van der Waals surface area contributed by atoms with Gasteiger partial charge in [-0.05, 0) is 42.8 Å². The minimum Gasteiger partial charge on any atom is -0.406 e. The maximum Gasteiger partial charge on any atom is 0.573 e. The summed E-state index contributed by atoms with van der Waals surface area (Å²) in [6.07, 6.45) is -0.113. The van der Waals surface area contributed by atoms with Crippen LogP contribution in [0.3, 0.4) is 0 Å². The first-order valence-corrected chi connectivity index (χ1v) is 11.5. The molecule has 0 atom stereocenters. The van der Waals surface area contributed by atoms with E-state index in [2.05, 4.69) is 25.1 Å². The Balaban J connectivity index is 1.32. The second-order valence-corrected chi connectivity index (χ2v) is 8.85. The molecule has 0 unspecified atom stereocenters. The van der Waals surface area contributed by atoms with Crippen LogP contribution in [0, 0.1) is 0 Å². The lowest BCUT2D eigenvalue weighted by molar-refractivity contribution is -0.274. The lowest BCUT2D eigenvalue weighted by atomic mass is 10.1. The van der Waals surface area contributed by atoms with Crippen LogP contribution in [0.2, 0.25) is 0 Å². The minimum absolute atomic E-state index is 0.0299. The summed E-state index contributed by atoms with van der Waals surface area (Å²) in [6.45, 7) is 0.671. The molecule has 2 aromatic carbocycles. The average Bonchev–Trinajstić information content (AvgIpc) is 3.52. The number of nitrogens with zero attached hydrogens (tertiary/aromatic N) is 5. The van der Waals surface area contributed by atoms with Crippen LogP contribution in [-0.4, -0.2) is 36.5 Å². The van der Waals surface area contributed by atoms with E-state index in [0.29, 0.717) is 51.8 Å². The number of ether oxygens (including phenoxy) is 1. The van der Waals surface area contributed by atoms with E-state index in [1.54, 1.807) is 23.0 Å². The molecule has 0 saturated heterocycles. The number of halogens is 3. The van der Waals surface area contributed by atoms with Gasteiger partial charge in [0.25, 0.3) is 0 Å². The van der Waals surface area contributed by atoms with Crippen molar-refractivity contribution in [2.45, 2.75) is 25.7 Å². The third kappa shape index (κ3) is 5.11. The second kappa shape index (κ2) is 9.02. The van der Waals surface area contributed by atoms with E-state index in [0.717, 1.165) is 5.52 Å². The van der Waals surface area contributed by atoms with Gasteiger partial charge in [-0.15, -0.1) is 13.2 Å². The Labute approximate surface area is 201 Å². The van der Waals surface area contributed by atoms with Crippen molar-refractivity contribution >= 4 is 49.4 Å². The van der Waals surface area contributed by atoms with Gasteiger partial charge in [-0.3, -0.25) is 9.48 Å². The topological polar surface area (TPSA) is 86.9 Å². The van der Waals surface area contributed by atoms with E-state index < -0.39 is 6.36 Å². The first-order valence-electron chi connectivity index (χ1n) is 10.7. The highest BCUT2D eigenvalue weighted by Gasteiger charge is 2.31. The number of aromatic nitrogens is 5. The highest BCUT2D eigenvalue weighted by atomic mass is 32.1.